The predicted octanol–water partition coefficient (Wildman–Crippen LogP) is 1.47. The van der Waals surface area contributed by atoms with Crippen LogP contribution in [0, 0.1) is 5.82 Å². The third-order valence-electron chi connectivity index (χ3n) is 2.41. The number of fused-ring (bicyclic) bond motifs is 2. The van der Waals surface area contributed by atoms with Crippen molar-refractivity contribution in [3.05, 3.63) is 29.7 Å². The zero-order valence-corrected chi connectivity index (χ0v) is 10.2. The minimum Gasteiger partial charge on any atom is -0.382 e. The van der Waals surface area contributed by atoms with Crippen LogP contribution in [0.15, 0.2) is 23.2 Å². The molecule has 1 aliphatic rings. The summed E-state index contributed by atoms with van der Waals surface area (Å²) >= 11 is 0. The molecule has 1 aromatic carbocycles. The van der Waals surface area contributed by atoms with Gasteiger partial charge in [-0.3, -0.25) is 0 Å². The Kier molecular flexibility index (Phi) is 2.92. The Morgan fingerprint density at radius 2 is 2.11 bits per heavy atom. The molecule has 2 aromatic rings. The molecule has 0 aliphatic carbocycles. The molecule has 8 heteroatoms. The Labute approximate surface area is 108 Å². The molecule has 0 atom stereocenters. The Bertz CT molecular complexity index is 635. The Morgan fingerprint density at radius 3 is 2.89 bits per heavy atom. The van der Waals surface area contributed by atoms with E-state index >= 15 is 0 Å². The fourth-order valence-electron chi connectivity index (χ4n) is 1.68. The summed E-state index contributed by atoms with van der Waals surface area (Å²) in [6.45, 7) is 0. The number of aromatic nitrogens is 3. The van der Waals surface area contributed by atoms with Gasteiger partial charge in [-0.15, -0.1) is 22.6 Å². The van der Waals surface area contributed by atoms with E-state index in [0.29, 0.717) is 22.9 Å². The van der Waals surface area contributed by atoms with Gasteiger partial charge in [0, 0.05) is 13.1 Å². The maximum Gasteiger partial charge on any atom is 0.184 e. The highest BCUT2D eigenvalue weighted by Gasteiger charge is 2.19. The van der Waals surface area contributed by atoms with E-state index in [1.807, 2.05) is 0 Å². The molecule has 94 valence electrons. The zero-order valence-electron chi connectivity index (χ0n) is 9.38. The van der Waals surface area contributed by atoms with E-state index in [-0.39, 0.29) is 24.1 Å². The maximum atomic E-state index is 13.1. The highest BCUT2D eigenvalue weighted by Crippen LogP contribution is 2.32. The second-order valence-corrected chi connectivity index (χ2v) is 3.67. The first kappa shape index (κ1) is 12.3. The number of hydrogen-bond acceptors (Lipinski definition) is 5. The van der Waals surface area contributed by atoms with Crippen LogP contribution in [0.25, 0.3) is 0 Å². The molecule has 0 amide bonds. The smallest absolute Gasteiger partial charge is 0.184 e. The summed E-state index contributed by atoms with van der Waals surface area (Å²) in [6.07, 6.45) is 0. The molecule has 1 aliphatic heterocycles. The first-order valence-electron chi connectivity index (χ1n) is 4.96. The summed E-state index contributed by atoms with van der Waals surface area (Å²) < 4.78 is 13.1. The quantitative estimate of drug-likeness (QED) is 0.758. The number of anilines is 2. The number of benzene rings is 1. The first-order valence-corrected chi connectivity index (χ1v) is 4.96. The summed E-state index contributed by atoms with van der Waals surface area (Å²) in [7, 11) is 1.69. The summed E-state index contributed by atoms with van der Waals surface area (Å²) in [5, 5.41) is 11.2. The highest BCUT2D eigenvalue weighted by atomic mass is 35.5. The molecule has 0 unspecified atom stereocenters. The molecule has 18 heavy (non-hydrogen) atoms. The predicted molar refractivity (Wildman–Crippen MR) is 68.3 cm³/mol. The van der Waals surface area contributed by atoms with Crippen LogP contribution in [-0.2, 0) is 7.05 Å². The SMILES string of the molecule is Cl.Cn1nc2c(n1)C(N)=Nc1cc(F)ccc1N2. The van der Waals surface area contributed by atoms with Crippen molar-refractivity contribution >= 4 is 35.4 Å². The van der Waals surface area contributed by atoms with Crippen molar-refractivity contribution in [3.63, 3.8) is 0 Å². The van der Waals surface area contributed by atoms with Crippen molar-refractivity contribution in [3.8, 4) is 0 Å². The van der Waals surface area contributed by atoms with Gasteiger partial charge in [0.2, 0.25) is 0 Å². The number of rotatable bonds is 0. The highest BCUT2D eigenvalue weighted by molar-refractivity contribution is 6.04. The molecule has 0 saturated heterocycles. The number of nitrogens with one attached hydrogen (secondary N) is 1. The number of halogens is 2. The zero-order chi connectivity index (χ0) is 12.0. The Balaban J connectivity index is 0.00000120. The summed E-state index contributed by atoms with van der Waals surface area (Å²) in [5.74, 6) is 0.360. The lowest BCUT2D eigenvalue weighted by molar-refractivity contribution is 0.628. The van der Waals surface area contributed by atoms with Gasteiger partial charge >= 0.3 is 0 Å². The minimum atomic E-state index is -0.366. The van der Waals surface area contributed by atoms with Crippen molar-refractivity contribution in [1.29, 1.82) is 0 Å². The molecular formula is C10H10ClFN6. The van der Waals surface area contributed by atoms with Crippen LogP contribution in [0.5, 0.6) is 0 Å². The largest absolute Gasteiger partial charge is 0.382 e. The molecule has 3 N–H and O–H groups in total. The van der Waals surface area contributed by atoms with Gasteiger partial charge in [0.15, 0.2) is 17.3 Å². The third kappa shape index (κ3) is 1.88. The van der Waals surface area contributed by atoms with Gasteiger partial charge in [0.25, 0.3) is 0 Å². The van der Waals surface area contributed by atoms with Gasteiger partial charge in [-0.05, 0) is 12.1 Å². The van der Waals surface area contributed by atoms with Gasteiger partial charge in [-0.2, -0.15) is 4.80 Å². The van der Waals surface area contributed by atoms with Crippen LogP contribution < -0.4 is 11.1 Å². The lowest BCUT2D eigenvalue weighted by Gasteiger charge is -2.04. The van der Waals surface area contributed by atoms with Crippen molar-refractivity contribution in [2.24, 2.45) is 17.8 Å². The van der Waals surface area contributed by atoms with Crippen LogP contribution in [0.1, 0.15) is 5.69 Å². The van der Waals surface area contributed by atoms with E-state index in [1.54, 1.807) is 13.1 Å². The number of aryl methyl sites for hydroxylation is 1. The first-order chi connectivity index (χ1) is 8.13. The number of amidine groups is 1. The van der Waals surface area contributed by atoms with Crippen molar-refractivity contribution < 1.29 is 4.39 Å². The van der Waals surface area contributed by atoms with Gasteiger partial charge in [0.1, 0.15) is 5.82 Å². The second-order valence-electron chi connectivity index (χ2n) is 3.67. The molecule has 0 radical (unpaired) electrons. The van der Waals surface area contributed by atoms with Crippen LogP contribution >= 0.6 is 12.4 Å². The normalized spacial score (nSPS) is 12.4. The van der Waals surface area contributed by atoms with E-state index in [4.69, 9.17) is 5.73 Å². The van der Waals surface area contributed by atoms with Gasteiger partial charge < -0.3 is 11.1 Å². The van der Waals surface area contributed by atoms with E-state index in [9.17, 15) is 4.39 Å². The van der Waals surface area contributed by atoms with Crippen molar-refractivity contribution in [2.75, 3.05) is 5.32 Å². The van der Waals surface area contributed by atoms with E-state index in [2.05, 4.69) is 20.5 Å². The maximum absolute atomic E-state index is 13.1. The molecule has 3 rings (SSSR count). The molecule has 1 aromatic heterocycles. The van der Waals surface area contributed by atoms with Crippen molar-refractivity contribution in [1.82, 2.24) is 15.0 Å². The molecular weight excluding hydrogens is 259 g/mol. The molecule has 0 saturated carbocycles. The fourth-order valence-corrected chi connectivity index (χ4v) is 1.68. The van der Waals surface area contributed by atoms with Crippen molar-refractivity contribution in [2.45, 2.75) is 0 Å². The summed E-state index contributed by atoms with van der Waals surface area (Å²) in [4.78, 5) is 5.53. The fraction of sp³-hybridized carbons (Fsp3) is 0.100. The van der Waals surface area contributed by atoms with Crippen LogP contribution in [0.3, 0.4) is 0 Å². The summed E-state index contributed by atoms with van der Waals surface area (Å²) in [5.41, 5.74) is 7.34. The monoisotopic (exact) mass is 268 g/mol. The number of nitrogens with two attached hydrogens (primary N) is 1. The average molecular weight is 269 g/mol. The van der Waals surface area contributed by atoms with E-state index < -0.39 is 0 Å². The van der Waals surface area contributed by atoms with Gasteiger partial charge in [-0.25, -0.2) is 9.38 Å². The molecule has 0 fully saturated rings. The lowest BCUT2D eigenvalue weighted by Crippen LogP contribution is -2.14. The standard InChI is InChI=1S/C10H9FN6.ClH/c1-17-15-8-9(12)13-7-4-5(11)2-3-6(7)14-10(8)16-17;/h2-4H,1H3,(H2,12,13)(H,14,16);1H. The number of aliphatic imine (C=N–C) groups is 1. The Hall–Kier alpha value is -2.15. The van der Waals surface area contributed by atoms with Crippen LogP contribution in [0.4, 0.5) is 21.6 Å². The summed E-state index contributed by atoms with van der Waals surface area (Å²) in [6, 6.07) is 4.24. The molecule has 0 bridgehead atoms. The van der Waals surface area contributed by atoms with Crippen LogP contribution in [0.2, 0.25) is 0 Å². The van der Waals surface area contributed by atoms with E-state index in [1.165, 1.54) is 16.9 Å². The Morgan fingerprint density at radius 1 is 1.33 bits per heavy atom. The topological polar surface area (TPSA) is 81.1 Å². The third-order valence-corrected chi connectivity index (χ3v) is 2.41. The lowest BCUT2D eigenvalue weighted by atomic mass is 10.2. The van der Waals surface area contributed by atoms with Gasteiger partial charge in [0.05, 0.1) is 11.4 Å². The average Bonchev–Trinajstić information content (AvgIpc) is 2.58. The molecule has 2 heterocycles. The minimum absolute atomic E-state index is 0. The van der Waals surface area contributed by atoms with Crippen LogP contribution in [-0.4, -0.2) is 20.8 Å². The number of nitrogens with zero attached hydrogens (tertiary/aromatic N) is 4. The molecule has 0 spiro atoms. The van der Waals surface area contributed by atoms with Gasteiger partial charge in [-0.1, -0.05) is 0 Å². The van der Waals surface area contributed by atoms with E-state index in [0.717, 1.165) is 0 Å². The number of hydrogen-bond donors (Lipinski definition) is 2. The second kappa shape index (κ2) is 4.26. The molecule has 6 nitrogen and oxygen atoms in total.